The first-order valence-corrected chi connectivity index (χ1v) is 6.11. The van der Waals surface area contributed by atoms with Crippen LogP contribution in [0.15, 0.2) is 12.1 Å². The molecule has 0 aliphatic heterocycles. The SMILES string of the molecule is COc1cc(C(C)CC(O)CO)c(OC)cc1Cl. The molecule has 0 aromatic heterocycles. The fourth-order valence-electron chi connectivity index (χ4n) is 1.88. The van der Waals surface area contributed by atoms with E-state index in [0.29, 0.717) is 22.9 Å². The number of hydrogen-bond acceptors (Lipinski definition) is 4. The van der Waals surface area contributed by atoms with Crippen LogP contribution in [0, 0.1) is 0 Å². The third kappa shape index (κ3) is 3.51. The molecule has 0 saturated carbocycles. The Morgan fingerprint density at radius 2 is 1.83 bits per heavy atom. The van der Waals surface area contributed by atoms with Gasteiger partial charge >= 0.3 is 0 Å². The van der Waals surface area contributed by atoms with Crippen molar-refractivity contribution in [3.05, 3.63) is 22.7 Å². The molecule has 0 aliphatic carbocycles. The van der Waals surface area contributed by atoms with Crippen molar-refractivity contribution >= 4 is 11.6 Å². The minimum atomic E-state index is -0.744. The Morgan fingerprint density at radius 3 is 2.33 bits per heavy atom. The quantitative estimate of drug-likeness (QED) is 0.835. The van der Waals surface area contributed by atoms with Crippen LogP contribution in [0.4, 0.5) is 0 Å². The van der Waals surface area contributed by atoms with E-state index in [2.05, 4.69) is 0 Å². The van der Waals surface area contributed by atoms with Gasteiger partial charge in [0.1, 0.15) is 11.5 Å². The van der Waals surface area contributed by atoms with E-state index in [0.717, 1.165) is 5.56 Å². The Labute approximate surface area is 112 Å². The van der Waals surface area contributed by atoms with Crippen molar-refractivity contribution in [1.29, 1.82) is 0 Å². The summed E-state index contributed by atoms with van der Waals surface area (Å²) in [6.07, 6.45) is -0.302. The maximum absolute atomic E-state index is 9.49. The van der Waals surface area contributed by atoms with Crippen LogP contribution in [0.5, 0.6) is 11.5 Å². The van der Waals surface area contributed by atoms with E-state index in [1.54, 1.807) is 26.4 Å². The van der Waals surface area contributed by atoms with Gasteiger partial charge in [-0.05, 0) is 18.4 Å². The standard InChI is InChI=1S/C13H19ClO4/c1-8(4-9(16)7-15)10-5-13(18-3)11(14)6-12(10)17-2/h5-6,8-9,15-16H,4,7H2,1-3H3. The van der Waals surface area contributed by atoms with Crippen LogP contribution in [0.3, 0.4) is 0 Å². The van der Waals surface area contributed by atoms with Gasteiger partial charge in [-0.25, -0.2) is 0 Å². The summed E-state index contributed by atoms with van der Waals surface area (Å²) in [4.78, 5) is 0. The van der Waals surface area contributed by atoms with Crippen LogP contribution in [0.25, 0.3) is 0 Å². The zero-order valence-corrected chi connectivity index (χ0v) is 11.6. The molecule has 18 heavy (non-hydrogen) atoms. The molecule has 2 unspecified atom stereocenters. The summed E-state index contributed by atoms with van der Waals surface area (Å²) in [6.45, 7) is 1.70. The third-order valence-electron chi connectivity index (χ3n) is 2.87. The van der Waals surface area contributed by atoms with E-state index >= 15 is 0 Å². The van der Waals surface area contributed by atoms with Gasteiger partial charge in [-0.15, -0.1) is 0 Å². The van der Waals surface area contributed by atoms with Gasteiger partial charge in [0, 0.05) is 11.6 Å². The van der Waals surface area contributed by atoms with Gasteiger partial charge in [0.2, 0.25) is 0 Å². The van der Waals surface area contributed by atoms with Gasteiger partial charge in [0.15, 0.2) is 0 Å². The first-order valence-electron chi connectivity index (χ1n) is 5.73. The van der Waals surface area contributed by atoms with E-state index in [4.69, 9.17) is 26.2 Å². The third-order valence-corrected chi connectivity index (χ3v) is 3.17. The van der Waals surface area contributed by atoms with Crippen LogP contribution in [-0.4, -0.2) is 37.1 Å². The number of benzene rings is 1. The molecule has 5 heteroatoms. The van der Waals surface area contributed by atoms with E-state index < -0.39 is 6.10 Å². The van der Waals surface area contributed by atoms with Crippen molar-refractivity contribution in [2.24, 2.45) is 0 Å². The zero-order chi connectivity index (χ0) is 13.7. The molecule has 0 aliphatic rings. The molecule has 1 aromatic carbocycles. The summed E-state index contributed by atoms with van der Waals surface area (Å²) >= 11 is 6.02. The van der Waals surface area contributed by atoms with E-state index in [9.17, 15) is 5.11 Å². The number of hydrogen-bond donors (Lipinski definition) is 2. The maximum atomic E-state index is 9.49. The minimum absolute atomic E-state index is 0.0215. The van der Waals surface area contributed by atoms with Crippen LogP contribution in [0.2, 0.25) is 5.02 Å². The second kappa shape index (κ2) is 6.83. The monoisotopic (exact) mass is 274 g/mol. The predicted molar refractivity (Wildman–Crippen MR) is 70.7 cm³/mol. The van der Waals surface area contributed by atoms with Crippen LogP contribution in [0.1, 0.15) is 24.8 Å². The summed E-state index contributed by atoms with van der Waals surface area (Å²) in [5.74, 6) is 1.24. The lowest BCUT2D eigenvalue weighted by Crippen LogP contribution is -2.15. The Hall–Kier alpha value is -0.970. The highest BCUT2D eigenvalue weighted by molar-refractivity contribution is 6.32. The van der Waals surface area contributed by atoms with Gasteiger partial charge in [-0.1, -0.05) is 18.5 Å². The average Bonchev–Trinajstić information content (AvgIpc) is 2.37. The number of aliphatic hydroxyl groups excluding tert-OH is 2. The van der Waals surface area contributed by atoms with Crippen molar-refractivity contribution in [3.63, 3.8) is 0 Å². The highest BCUT2D eigenvalue weighted by Gasteiger charge is 2.18. The summed E-state index contributed by atoms with van der Waals surface area (Å²) in [5.41, 5.74) is 0.895. The molecule has 0 radical (unpaired) electrons. The molecule has 2 atom stereocenters. The van der Waals surface area contributed by atoms with Crippen molar-refractivity contribution in [3.8, 4) is 11.5 Å². The van der Waals surface area contributed by atoms with Gasteiger partial charge in [0.25, 0.3) is 0 Å². The number of methoxy groups -OCH3 is 2. The molecule has 102 valence electrons. The normalized spacial score (nSPS) is 14.1. The van der Waals surface area contributed by atoms with Gasteiger partial charge < -0.3 is 19.7 Å². The minimum Gasteiger partial charge on any atom is -0.496 e. The Balaban J connectivity index is 3.05. The van der Waals surface area contributed by atoms with Crippen LogP contribution < -0.4 is 9.47 Å². The molecule has 0 bridgehead atoms. The number of halogens is 1. The fraction of sp³-hybridized carbons (Fsp3) is 0.538. The second-order valence-corrected chi connectivity index (χ2v) is 4.61. The summed E-state index contributed by atoms with van der Waals surface area (Å²) < 4.78 is 10.4. The lowest BCUT2D eigenvalue weighted by atomic mass is 9.94. The Bertz CT molecular complexity index is 395. The molecule has 0 amide bonds. The largest absolute Gasteiger partial charge is 0.496 e. The van der Waals surface area contributed by atoms with Crippen molar-refractivity contribution in [2.75, 3.05) is 20.8 Å². The highest BCUT2D eigenvalue weighted by Crippen LogP contribution is 2.37. The topological polar surface area (TPSA) is 58.9 Å². The van der Waals surface area contributed by atoms with E-state index in [-0.39, 0.29) is 12.5 Å². The lowest BCUT2D eigenvalue weighted by Gasteiger charge is -2.19. The van der Waals surface area contributed by atoms with Crippen LogP contribution >= 0.6 is 11.6 Å². The molecule has 4 nitrogen and oxygen atoms in total. The smallest absolute Gasteiger partial charge is 0.138 e. The van der Waals surface area contributed by atoms with Crippen molar-refractivity contribution < 1.29 is 19.7 Å². The highest BCUT2D eigenvalue weighted by atomic mass is 35.5. The van der Waals surface area contributed by atoms with Gasteiger partial charge in [0.05, 0.1) is 32.0 Å². The average molecular weight is 275 g/mol. The zero-order valence-electron chi connectivity index (χ0n) is 10.8. The van der Waals surface area contributed by atoms with E-state index in [1.807, 2.05) is 6.92 Å². The first-order chi connectivity index (χ1) is 8.53. The summed E-state index contributed by atoms with van der Waals surface area (Å²) in [6, 6.07) is 3.49. The molecule has 0 spiro atoms. The predicted octanol–water partition coefficient (Wildman–Crippen LogP) is 2.20. The Morgan fingerprint density at radius 1 is 1.22 bits per heavy atom. The second-order valence-electron chi connectivity index (χ2n) is 4.20. The Kier molecular flexibility index (Phi) is 5.72. The number of aliphatic hydroxyl groups is 2. The van der Waals surface area contributed by atoms with E-state index in [1.165, 1.54) is 0 Å². The van der Waals surface area contributed by atoms with Crippen molar-refractivity contribution in [2.45, 2.75) is 25.4 Å². The van der Waals surface area contributed by atoms with Gasteiger partial charge in [-0.2, -0.15) is 0 Å². The molecule has 1 aromatic rings. The lowest BCUT2D eigenvalue weighted by molar-refractivity contribution is 0.0833. The molecule has 0 fully saturated rings. The van der Waals surface area contributed by atoms with Crippen LogP contribution in [-0.2, 0) is 0 Å². The molecule has 2 N–H and O–H groups in total. The summed E-state index contributed by atoms with van der Waals surface area (Å²) in [7, 11) is 3.11. The molecule has 0 saturated heterocycles. The maximum Gasteiger partial charge on any atom is 0.138 e. The fourth-order valence-corrected chi connectivity index (χ4v) is 2.11. The molecule has 1 rings (SSSR count). The molecular formula is C13H19ClO4. The number of ether oxygens (including phenoxy) is 2. The van der Waals surface area contributed by atoms with Gasteiger partial charge in [-0.3, -0.25) is 0 Å². The first kappa shape index (κ1) is 15.1. The molecular weight excluding hydrogens is 256 g/mol. The van der Waals surface area contributed by atoms with Crippen molar-refractivity contribution in [1.82, 2.24) is 0 Å². The summed E-state index contributed by atoms with van der Waals surface area (Å²) in [5, 5.41) is 18.8. The number of rotatable bonds is 6. The molecule has 0 heterocycles.